The highest BCUT2D eigenvalue weighted by atomic mass is 79.9. The minimum absolute atomic E-state index is 0.0160. The van der Waals surface area contributed by atoms with Crippen molar-refractivity contribution in [2.75, 3.05) is 6.54 Å². The molecule has 0 bridgehead atoms. The van der Waals surface area contributed by atoms with Gasteiger partial charge < -0.3 is 10.6 Å². The highest BCUT2D eigenvalue weighted by Gasteiger charge is 2.50. The third-order valence-corrected chi connectivity index (χ3v) is 5.77. The molecule has 1 saturated carbocycles. The van der Waals surface area contributed by atoms with E-state index in [1.165, 1.54) is 12.1 Å². The van der Waals surface area contributed by atoms with Crippen LogP contribution in [0.5, 0.6) is 0 Å². The second-order valence-corrected chi connectivity index (χ2v) is 7.65. The van der Waals surface area contributed by atoms with Gasteiger partial charge >= 0.3 is 6.03 Å². The number of nitrogens with one attached hydrogen (secondary N) is 2. The summed E-state index contributed by atoms with van der Waals surface area (Å²) in [7, 11) is 0. The number of benzene rings is 1. The summed E-state index contributed by atoms with van der Waals surface area (Å²) in [5.41, 5.74) is -0.146. The molecule has 2 aliphatic rings. The zero-order valence-electron chi connectivity index (χ0n) is 14.3. The minimum Gasteiger partial charge on any atom is -0.352 e. The molecule has 2 N–H and O–H groups in total. The molecule has 1 aromatic carbocycles. The number of urea groups is 1. The Balaban J connectivity index is 1.52. The van der Waals surface area contributed by atoms with Gasteiger partial charge in [0, 0.05) is 24.0 Å². The summed E-state index contributed by atoms with van der Waals surface area (Å²) in [4.78, 5) is 38.0. The first-order valence-corrected chi connectivity index (χ1v) is 9.55. The Morgan fingerprint density at radius 1 is 1.27 bits per heavy atom. The van der Waals surface area contributed by atoms with E-state index in [0.717, 1.165) is 24.2 Å². The molecule has 1 spiro atoms. The molecule has 0 aromatic heterocycles. The van der Waals surface area contributed by atoms with Crippen LogP contribution in [-0.4, -0.2) is 34.8 Å². The quantitative estimate of drug-likeness (QED) is 0.711. The number of carbonyl (C=O) groups excluding carboxylic acids is 3. The highest BCUT2D eigenvalue weighted by Crippen LogP contribution is 2.33. The molecule has 26 heavy (non-hydrogen) atoms. The lowest BCUT2D eigenvalue weighted by Crippen LogP contribution is -2.48. The van der Waals surface area contributed by atoms with Crippen LogP contribution in [0.1, 0.15) is 44.1 Å². The monoisotopic (exact) mass is 425 g/mol. The second kappa shape index (κ2) is 7.73. The molecule has 3 rings (SSSR count). The Morgan fingerprint density at radius 3 is 2.73 bits per heavy atom. The summed E-state index contributed by atoms with van der Waals surface area (Å²) in [6.45, 7) is 0.212. The Labute approximate surface area is 159 Å². The van der Waals surface area contributed by atoms with Crippen molar-refractivity contribution in [3.8, 4) is 0 Å². The van der Waals surface area contributed by atoms with Gasteiger partial charge in [0.25, 0.3) is 5.91 Å². The van der Waals surface area contributed by atoms with Crippen molar-refractivity contribution in [1.82, 2.24) is 15.5 Å². The van der Waals surface area contributed by atoms with E-state index < -0.39 is 11.6 Å². The maximum Gasteiger partial charge on any atom is 0.325 e. The fourth-order valence-electron chi connectivity index (χ4n) is 3.55. The Hall–Kier alpha value is -1.96. The van der Waals surface area contributed by atoms with E-state index in [2.05, 4.69) is 26.6 Å². The lowest BCUT2D eigenvalue weighted by atomic mass is 9.82. The number of carbonyl (C=O) groups is 3. The molecule has 1 aromatic rings. The molecule has 8 heteroatoms. The van der Waals surface area contributed by atoms with Crippen LogP contribution in [0, 0.1) is 5.82 Å². The molecule has 2 fully saturated rings. The summed E-state index contributed by atoms with van der Waals surface area (Å²) in [6, 6.07) is 3.83. The van der Waals surface area contributed by atoms with E-state index in [0.29, 0.717) is 22.9 Å². The zero-order valence-corrected chi connectivity index (χ0v) is 15.9. The third-order valence-electron chi connectivity index (χ3n) is 5.00. The van der Waals surface area contributed by atoms with Crippen molar-refractivity contribution < 1.29 is 18.8 Å². The van der Waals surface area contributed by atoms with Crippen LogP contribution in [0.4, 0.5) is 9.18 Å². The van der Waals surface area contributed by atoms with E-state index in [9.17, 15) is 18.8 Å². The highest BCUT2D eigenvalue weighted by molar-refractivity contribution is 9.10. The van der Waals surface area contributed by atoms with E-state index >= 15 is 0 Å². The molecule has 6 nitrogen and oxygen atoms in total. The molecule has 1 aliphatic heterocycles. The van der Waals surface area contributed by atoms with Gasteiger partial charge in [-0.2, -0.15) is 0 Å². The molecule has 0 atom stereocenters. The summed E-state index contributed by atoms with van der Waals surface area (Å²) in [5, 5.41) is 5.51. The van der Waals surface area contributed by atoms with Gasteiger partial charge in [-0.05, 0) is 36.6 Å². The van der Waals surface area contributed by atoms with Crippen molar-refractivity contribution in [2.24, 2.45) is 0 Å². The van der Waals surface area contributed by atoms with Gasteiger partial charge in [0.2, 0.25) is 5.91 Å². The van der Waals surface area contributed by atoms with E-state index in [1.54, 1.807) is 6.07 Å². The summed E-state index contributed by atoms with van der Waals surface area (Å²) in [5.74, 6) is -0.899. The van der Waals surface area contributed by atoms with Crippen molar-refractivity contribution in [3.63, 3.8) is 0 Å². The van der Waals surface area contributed by atoms with Crippen LogP contribution < -0.4 is 10.6 Å². The Morgan fingerprint density at radius 2 is 2.00 bits per heavy atom. The Kier molecular flexibility index (Phi) is 5.60. The molecule has 1 saturated heterocycles. The van der Waals surface area contributed by atoms with Gasteiger partial charge in [0.1, 0.15) is 11.4 Å². The van der Waals surface area contributed by atoms with Gasteiger partial charge in [0.05, 0.1) is 0 Å². The van der Waals surface area contributed by atoms with Crippen LogP contribution in [0.3, 0.4) is 0 Å². The van der Waals surface area contributed by atoms with E-state index in [4.69, 9.17) is 0 Å². The van der Waals surface area contributed by atoms with Crippen LogP contribution in [-0.2, 0) is 16.1 Å². The molecular formula is C18H21BrFN3O3. The van der Waals surface area contributed by atoms with Crippen molar-refractivity contribution in [2.45, 2.75) is 50.6 Å². The molecular weight excluding hydrogens is 405 g/mol. The molecule has 1 heterocycles. The lowest BCUT2D eigenvalue weighted by molar-refractivity contribution is -0.132. The summed E-state index contributed by atoms with van der Waals surface area (Å²) < 4.78 is 14.0. The number of nitrogens with zero attached hydrogens (tertiary/aromatic N) is 1. The number of hydrogen-bond acceptors (Lipinski definition) is 3. The molecule has 0 unspecified atom stereocenters. The van der Waals surface area contributed by atoms with Crippen molar-refractivity contribution in [3.05, 3.63) is 34.1 Å². The molecule has 0 radical (unpaired) electrons. The molecule has 140 valence electrons. The summed E-state index contributed by atoms with van der Waals surface area (Å²) >= 11 is 3.31. The molecule has 4 amide bonds. The van der Waals surface area contributed by atoms with Gasteiger partial charge in [-0.1, -0.05) is 35.2 Å². The second-order valence-electron chi connectivity index (χ2n) is 6.79. The largest absolute Gasteiger partial charge is 0.352 e. The minimum atomic E-state index is -0.766. The first-order chi connectivity index (χ1) is 12.4. The van der Waals surface area contributed by atoms with Gasteiger partial charge in [-0.15, -0.1) is 0 Å². The average molecular weight is 426 g/mol. The fraction of sp³-hybridized carbons (Fsp3) is 0.500. The third kappa shape index (κ3) is 3.90. The van der Waals surface area contributed by atoms with Crippen molar-refractivity contribution in [1.29, 1.82) is 0 Å². The SMILES string of the molecule is O=C(CCN1C(=O)NC2(CCCCC2)C1=O)NCc1cc(F)ccc1Br. The zero-order chi connectivity index (χ0) is 18.7. The van der Waals surface area contributed by atoms with E-state index in [-0.39, 0.29) is 37.1 Å². The number of rotatable bonds is 5. The van der Waals surface area contributed by atoms with Gasteiger partial charge in [-0.25, -0.2) is 9.18 Å². The number of amides is 4. The predicted octanol–water partition coefficient (Wildman–Crippen LogP) is 2.85. The average Bonchev–Trinajstić information content (AvgIpc) is 2.84. The standard InChI is InChI=1S/C18H21BrFN3O3/c19-14-5-4-13(20)10-12(14)11-21-15(24)6-9-23-16(25)18(22-17(23)26)7-2-1-3-8-18/h4-5,10H,1-3,6-9,11H2,(H,21,24)(H,22,26). The van der Waals surface area contributed by atoms with Gasteiger partial charge in [0.15, 0.2) is 0 Å². The maximum atomic E-state index is 13.3. The van der Waals surface area contributed by atoms with Crippen molar-refractivity contribution >= 4 is 33.8 Å². The van der Waals surface area contributed by atoms with Gasteiger partial charge in [-0.3, -0.25) is 14.5 Å². The van der Waals surface area contributed by atoms with Crippen LogP contribution >= 0.6 is 15.9 Å². The Bertz CT molecular complexity index is 734. The van der Waals surface area contributed by atoms with Crippen LogP contribution in [0.25, 0.3) is 0 Å². The topological polar surface area (TPSA) is 78.5 Å². The number of hydrogen-bond donors (Lipinski definition) is 2. The summed E-state index contributed by atoms with van der Waals surface area (Å²) in [6.07, 6.45) is 4.25. The predicted molar refractivity (Wildman–Crippen MR) is 96.6 cm³/mol. The fourth-order valence-corrected chi connectivity index (χ4v) is 3.93. The smallest absolute Gasteiger partial charge is 0.325 e. The van der Waals surface area contributed by atoms with Crippen LogP contribution in [0.15, 0.2) is 22.7 Å². The van der Waals surface area contributed by atoms with Crippen LogP contribution in [0.2, 0.25) is 0 Å². The van der Waals surface area contributed by atoms with E-state index in [1.807, 2.05) is 0 Å². The molecule has 1 aliphatic carbocycles. The number of imide groups is 1. The lowest BCUT2D eigenvalue weighted by Gasteiger charge is -2.30. The maximum absolute atomic E-state index is 13.3. The normalized spacial score (nSPS) is 18.9. The first-order valence-electron chi connectivity index (χ1n) is 8.76. The number of halogens is 2. The first kappa shape index (κ1) is 18.8.